The van der Waals surface area contributed by atoms with E-state index in [9.17, 15) is 0 Å². The second-order valence-corrected chi connectivity index (χ2v) is 9.22. The van der Waals surface area contributed by atoms with Gasteiger partial charge in [-0.3, -0.25) is 0 Å². The fourth-order valence-electron chi connectivity index (χ4n) is 2.95. The van der Waals surface area contributed by atoms with Gasteiger partial charge in [-0.2, -0.15) is 0 Å². The third-order valence-corrected chi connectivity index (χ3v) is 6.52. The lowest BCUT2D eigenvalue weighted by molar-refractivity contribution is -0.00307. The number of hydrogen-bond acceptors (Lipinski definition) is 9. The molecule has 1 saturated heterocycles. The molecule has 10 heteroatoms. The Balaban J connectivity index is 0.000000309. The van der Waals surface area contributed by atoms with Crippen LogP contribution >= 0.6 is 41.8 Å². The van der Waals surface area contributed by atoms with Crippen molar-refractivity contribution in [3.8, 4) is 0 Å². The Morgan fingerprint density at radius 3 is 2.69 bits per heavy atom. The Bertz CT molecular complexity index is 825. The van der Waals surface area contributed by atoms with Crippen LogP contribution in [0.1, 0.15) is 48.4 Å². The number of ether oxygens (including phenoxy) is 1. The number of anilines is 1. The highest BCUT2D eigenvalue weighted by molar-refractivity contribution is 14.2. The quantitative estimate of drug-likeness (QED) is 0.253. The van der Waals surface area contributed by atoms with Gasteiger partial charge in [-0.1, -0.05) is 24.5 Å². The van der Waals surface area contributed by atoms with E-state index >= 15 is 0 Å². The second-order valence-electron chi connectivity index (χ2n) is 6.74. The predicted octanol–water partition coefficient (Wildman–Crippen LogP) is 5.98. The van der Waals surface area contributed by atoms with Crippen LogP contribution in [-0.2, 0) is 8.92 Å². The Labute approximate surface area is 210 Å². The van der Waals surface area contributed by atoms with Gasteiger partial charge in [-0.05, 0) is 44.4 Å². The molecule has 3 rings (SSSR count). The Morgan fingerprint density at radius 2 is 2.09 bits per heavy atom. The minimum atomic E-state index is -0.174. The number of thiazole rings is 1. The van der Waals surface area contributed by atoms with E-state index in [1.807, 2.05) is 46.5 Å². The van der Waals surface area contributed by atoms with Gasteiger partial charge in [0, 0.05) is 58.1 Å². The third-order valence-electron chi connectivity index (χ3n) is 4.51. The van der Waals surface area contributed by atoms with Gasteiger partial charge >= 0.3 is 0 Å². The minimum absolute atomic E-state index is 0.0189. The molecule has 3 heterocycles. The van der Waals surface area contributed by atoms with E-state index in [-0.39, 0.29) is 12.7 Å². The molecule has 0 spiro atoms. The standard InChI is InChI=1S/C17H19N3OS.C5H11IO3S/c1-3-14-15(4-2)21-16(19-14)9-8-13-12-18-17(22-13)20-10-6-5-7-11-20;1-2-8-5(3-7)4-9-10-6/h3-4,8-9,12H,1-2,5-7,10-11H2;5,7H,2-4H2,1H3/b9-8+;. The molecule has 0 radical (unpaired) electrons. The number of aliphatic hydroxyl groups excluding tert-OH is 1. The average molecular weight is 592 g/mol. The number of hydrogen-bond donors (Lipinski definition) is 1. The Morgan fingerprint density at radius 1 is 1.31 bits per heavy atom. The first kappa shape index (κ1) is 27.1. The highest BCUT2D eigenvalue weighted by atomic mass is 127. The molecule has 1 aliphatic heterocycles. The first-order valence-corrected chi connectivity index (χ1v) is 14.5. The lowest BCUT2D eigenvalue weighted by Gasteiger charge is -2.25. The largest absolute Gasteiger partial charge is 0.437 e. The molecule has 0 saturated carbocycles. The van der Waals surface area contributed by atoms with Gasteiger partial charge in [0.2, 0.25) is 5.89 Å². The highest BCUT2D eigenvalue weighted by Crippen LogP contribution is 2.27. The average Bonchev–Trinajstić information content (AvgIpc) is 3.48. The van der Waals surface area contributed by atoms with Gasteiger partial charge in [0.15, 0.2) is 10.9 Å². The molecule has 1 aliphatic rings. The lowest BCUT2D eigenvalue weighted by Crippen LogP contribution is -2.29. The maximum absolute atomic E-state index is 8.67. The van der Waals surface area contributed by atoms with Crippen LogP contribution in [-0.4, -0.2) is 54.1 Å². The highest BCUT2D eigenvalue weighted by Gasteiger charge is 2.14. The van der Waals surface area contributed by atoms with Crippen molar-refractivity contribution in [1.29, 1.82) is 0 Å². The number of halogens is 1. The molecule has 1 atom stereocenters. The van der Waals surface area contributed by atoms with Gasteiger partial charge < -0.3 is 23.3 Å². The molecule has 1 unspecified atom stereocenters. The van der Waals surface area contributed by atoms with Crippen molar-refractivity contribution in [3.63, 3.8) is 0 Å². The first-order chi connectivity index (χ1) is 15.6. The normalized spacial score (nSPS) is 14.8. The summed E-state index contributed by atoms with van der Waals surface area (Å²) in [7, 11) is 1.25. The smallest absolute Gasteiger partial charge is 0.220 e. The van der Waals surface area contributed by atoms with Crippen molar-refractivity contribution >= 4 is 71.2 Å². The summed E-state index contributed by atoms with van der Waals surface area (Å²) in [4.78, 5) is 12.3. The van der Waals surface area contributed by atoms with Crippen LogP contribution in [0.3, 0.4) is 0 Å². The van der Waals surface area contributed by atoms with Crippen molar-refractivity contribution in [1.82, 2.24) is 9.97 Å². The summed E-state index contributed by atoms with van der Waals surface area (Å²) in [6.45, 7) is 12.6. The lowest BCUT2D eigenvalue weighted by atomic mass is 10.1. The molecule has 7 nitrogen and oxygen atoms in total. The predicted molar refractivity (Wildman–Crippen MR) is 144 cm³/mol. The zero-order chi connectivity index (χ0) is 23.2. The van der Waals surface area contributed by atoms with E-state index in [4.69, 9.17) is 18.4 Å². The summed E-state index contributed by atoms with van der Waals surface area (Å²) in [5.41, 5.74) is 0.716. The zero-order valence-corrected chi connectivity index (χ0v) is 22.0. The molecule has 1 fully saturated rings. The number of aromatic nitrogens is 2. The fraction of sp³-hybridized carbons (Fsp3) is 0.455. The van der Waals surface area contributed by atoms with Gasteiger partial charge in [0.1, 0.15) is 11.8 Å². The summed E-state index contributed by atoms with van der Waals surface area (Å²) in [5, 5.41) is 9.77. The second kappa shape index (κ2) is 15.6. The number of oxazole rings is 1. The molecule has 0 bridgehead atoms. The molecule has 0 amide bonds. The maximum Gasteiger partial charge on any atom is 0.220 e. The molecule has 0 aliphatic carbocycles. The van der Waals surface area contributed by atoms with E-state index in [2.05, 4.69) is 28.0 Å². The Kier molecular flexibility index (Phi) is 13.2. The van der Waals surface area contributed by atoms with Crippen molar-refractivity contribution < 1.29 is 18.4 Å². The summed E-state index contributed by atoms with van der Waals surface area (Å²) in [6, 6.07) is 0. The summed E-state index contributed by atoms with van der Waals surface area (Å²) in [5.74, 6) is 1.20. The van der Waals surface area contributed by atoms with Crippen LogP contribution in [0.2, 0.25) is 0 Å². The van der Waals surface area contributed by atoms with Gasteiger partial charge in [-0.25, -0.2) is 9.97 Å². The van der Waals surface area contributed by atoms with E-state index in [0.717, 1.165) is 23.1 Å². The van der Waals surface area contributed by atoms with Crippen LogP contribution in [0.4, 0.5) is 5.13 Å². The molecule has 176 valence electrons. The summed E-state index contributed by atoms with van der Waals surface area (Å²) < 4.78 is 15.6. The molecule has 0 aromatic carbocycles. The number of aliphatic hydroxyl groups is 1. The van der Waals surface area contributed by atoms with Crippen LogP contribution in [0.15, 0.2) is 23.8 Å². The van der Waals surface area contributed by atoms with Crippen molar-refractivity contribution in [2.75, 3.05) is 37.8 Å². The maximum atomic E-state index is 8.67. The molecule has 32 heavy (non-hydrogen) atoms. The van der Waals surface area contributed by atoms with Crippen molar-refractivity contribution in [3.05, 3.63) is 41.6 Å². The van der Waals surface area contributed by atoms with Crippen LogP contribution in [0, 0.1) is 0 Å². The van der Waals surface area contributed by atoms with Crippen LogP contribution in [0.5, 0.6) is 0 Å². The number of rotatable bonds is 11. The fourth-order valence-corrected chi connectivity index (χ4v) is 4.47. The first-order valence-electron chi connectivity index (χ1n) is 10.4. The van der Waals surface area contributed by atoms with Gasteiger partial charge in [0.05, 0.1) is 22.4 Å². The van der Waals surface area contributed by atoms with Gasteiger partial charge in [0.25, 0.3) is 0 Å². The molecule has 2 aromatic rings. The molecular formula is C22H30IN3O4S2. The van der Waals surface area contributed by atoms with E-state index in [1.54, 1.807) is 23.5 Å². The summed E-state index contributed by atoms with van der Waals surface area (Å²) >= 11 is 3.72. The Hall–Kier alpha value is -1.18. The van der Waals surface area contributed by atoms with Crippen LogP contribution in [0.25, 0.3) is 24.3 Å². The summed E-state index contributed by atoms with van der Waals surface area (Å²) in [6.07, 6.45) is 12.7. The van der Waals surface area contributed by atoms with Crippen molar-refractivity contribution in [2.24, 2.45) is 0 Å². The minimum Gasteiger partial charge on any atom is -0.437 e. The van der Waals surface area contributed by atoms with Crippen LogP contribution < -0.4 is 4.90 Å². The van der Waals surface area contributed by atoms with E-state index in [1.165, 1.54) is 28.5 Å². The number of piperidine rings is 1. The van der Waals surface area contributed by atoms with Gasteiger partial charge in [-0.15, -0.1) is 0 Å². The van der Waals surface area contributed by atoms with E-state index in [0.29, 0.717) is 30.6 Å². The van der Waals surface area contributed by atoms with E-state index < -0.39 is 0 Å². The third kappa shape index (κ3) is 8.99. The molecular weight excluding hydrogens is 561 g/mol. The SMILES string of the molecule is C=Cc1nc(/C=C/c2cnc(N3CCCCC3)s2)oc1C=C.CCOC(CO)COSI. The zero-order valence-electron chi connectivity index (χ0n) is 18.2. The molecule has 2 aromatic heterocycles. The number of nitrogens with zero attached hydrogens (tertiary/aromatic N) is 3. The van der Waals surface area contributed by atoms with Crippen molar-refractivity contribution in [2.45, 2.75) is 32.3 Å². The topological polar surface area (TPSA) is 80.9 Å². The molecule has 1 N–H and O–H groups in total. The monoisotopic (exact) mass is 591 g/mol.